The summed E-state index contributed by atoms with van der Waals surface area (Å²) in [7, 11) is -0.364. The van der Waals surface area contributed by atoms with E-state index in [4.69, 9.17) is 14.6 Å². The SMILES string of the molecule is CCc1cn2c3c(cc(C(=O)N[C@@H](Cc4ccccc4)[C@H](O)CNCCOC)cc13)N(C)S(=O)(=O)CC2.O=CO. The number of aryl methyl sites for hydroxylation is 2. The van der Waals surface area contributed by atoms with E-state index in [2.05, 4.69) is 10.6 Å². The van der Waals surface area contributed by atoms with Crippen LogP contribution < -0.4 is 14.9 Å². The van der Waals surface area contributed by atoms with Crippen molar-refractivity contribution in [3.63, 3.8) is 0 Å². The Morgan fingerprint density at radius 1 is 1.23 bits per heavy atom. The van der Waals surface area contributed by atoms with Crippen molar-refractivity contribution in [3.8, 4) is 0 Å². The molecule has 11 nitrogen and oxygen atoms in total. The van der Waals surface area contributed by atoms with Gasteiger partial charge in [0.25, 0.3) is 12.4 Å². The number of anilines is 1. The lowest BCUT2D eigenvalue weighted by molar-refractivity contribution is -0.122. The van der Waals surface area contributed by atoms with Gasteiger partial charge in [0, 0.05) is 50.9 Å². The predicted molar refractivity (Wildman–Crippen MR) is 154 cm³/mol. The molecule has 3 aromatic rings. The van der Waals surface area contributed by atoms with Gasteiger partial charge in [-0.05, 0) is 36.1 Å². The summed E-state index contributed by atoms with van der Waals surface area (Å²) in [5.74, 6) is -0.367. The number of carboxylic acid groups (broad SMARTS) is 1. The van der Waals surface area contributed by atoms with Gasteiger partial charge < -0.3 is 30.2 Å². The van der Waals surface area contributed by atoms with Crippen LogP contribution in [0.15, 0.2) is 48.7 Å². The minimum atomic E-state index is -3.51. The first-order chi connectivity index (χ1) is 19.2. The van der Waals surface area contributed by atoms with Crippen LogP contribution in [0.3, 0.4) is 0 Å². The molecule has 0 aliphatic carbocycles. The van der Waals surface area contributed by atoms with E-state index in [1.54, 1.807) is 13.2 Å². The van der Waals surface area contributed by atoms with Crippen molar-refractivity contribution in [1.29, 1.82) is 0 Å². The smallest absolute Gasteiger partial charge is 0.290 e. The zero-order valence-corrected chi connectivity index (χ0v) is 23.9. The first-order valence-electron chi connectivity index (χ1n) is 13.1. The minimum Gasteiger partial charge on any atom is -0.483 e. The highest BCUT2D eigenvalue weighted by molar-refractivity contribution is 7.92. The molecule has 1 aromatic heterocycles. The molecule has 218 valence electrons. The van der Waals surface area contributed by atoms with Crippen LogP contribution in [-0.2, 0) is 38.9 Å². The van der Waals surface area contributed by atoms with E-state index in [0.717, 1.165) is 28.5 Å². The quantitative estimate of drug-likeness (QED) is 0.199. The van der Waals surface area contributed by atoms with E-state index >= 15 is 0 Å². The van der Waals surface area contributed by atoms with Gasteiger partial charge in [0.05, 0.1) is 35.7 Å². The van der Waals surface area contributed by atoms with Gasteiger partial charge in [0.1, 0.15) is 0 Å². The molecule has 2 atom stereocenters. The number of aromatic nitrogens is 1. The summed E-state index contributed by atoms with van der Waals surface area (Å²) >= 11 is 0. The summed E-state index contributed by atoms with van der Waals surface area (Å²) in [5.41, 5.74) is 3.71. The molecule has 4 N–H and O–H groups in total. The zero-order chi connectivity index (χ0) is 29.3. The Balaban J connectivity index is 0.00000141. The molecule has 40 heavy (non-hydrogen) atoms. The number of aliphatic hydroxyl groups excluding tert-OH is 1. The molecule has 0 unspecified atom stereocenters. The number of methoxy groups -OCH3 is 1. The first-order valence-corrected chi connectivity index (χ1v) is 14.7. The molecule has 0 bridgehead atoms. The van der Waals surface area contributed by atoms with Crippen LogP contribution in [0.25, 0.3) is 10.9 Å². The summed E-state index contributed by atoms with van der Waals surface area (Å²) in [6.45, 7) is 3.54. The number of amides is 1. The average Bonchev–Trinajstić information content (AvgIpc) is 3.27. The second-order valence-corrected chi connectivity index (χ2v) is 11.6. The number of sulfonamides is 1. The van der Waals surface area contributed by atoms with Crippen LogP contribution >= 0.6 is 0 Å². The Morgan fingerprint density at radius 2 is 1.93 bits per heavy atom. The maximum Gasteiger partial charge on any atom is 0.290 e. The van der Waals surface area contributed by atoms with Crippen molar-refractivity contribution >= 4 is 39.0 Å². The van der Waals surface area contributed by atoms with E-state index < -0.39 is 22.2 Å². The highest BCUT2D eigenvalue weighted by Gasteiger charge is 2.29. The number of carbonyl (C=O) groups excluding carboxylic acids is 1. The molecule has 12 heteroatoms. The molecule has 0 radical (unpaired) electrons. The van der Waals surface area contributed by atoms with Crippen LogP contribution in [0, 0.1) is 0 Å². The van der Waals surface area contributed by atoms with Crippen LogP contribution in [0.4, 0.5) is 5.69 Å². The molecule has 4 rings (SSSR count). The van der Waals surface area contributed by atoms with Gasteiger partial charge in [-0.15, -0.1) is 0 Å². The second-order valence-electron chi connectivity index (χ2n) is 9.52. The lowest BCUT2D eigenvalue weighted by Crippen LogP contribution is -2.49. The van der Waals surface area contributed by atoms with Crippen molar-refractivity contribution in [2.75, 3.05) is 43.9 Å². The van der Waals surface area contributed by atoms with E-state index in [0.29, 0.717) is 37.4 Å². The molecule has 1 amide bonds. The number of rotatable bonds is 11. The Hall–Kier alpha value is -3.45. The molecule has 0 spiro atoms. The third-order valence-corrected chi connectivity index (χ3v) is 8.67. The van der Waals surface area contributed by atoms with Gasteiger partial charge in [-0.2, -0.15) is 0 Å². The molecule has 1 aliphatic rings. The lowest BCUT2D eigenvalue weighted by Gasteiger charge is -2.25. The zero-order valence-electron chi connectivity index (χ0n) is 23.0. The number of nitrogens with one attached hydrogen (secondary N) is 2. The van der Waals surface area contributed by atoms with Gasteiger partial charge >= 0.3 is 0 Å². The Bertz CT molecular complexity index is 1390. The van der Waals surface area contributed by atoms with Crippen LogP contribution in [0.5, 0.6) is 0 Å². The number of hydrogen-bond donors (Lipinski definition) is 4. The largest absolute Gasteiger partial charge is 0.483 e. The fourth-order valence-electron chi connectivity index (χ4n) is 4.79. The summed E-state index contributed by atoms with van der Waals surface area (Å²) in [6, 6.07) is 12.6. The van der Waals surface area contributed by atoms with Gasteiger partial charge in [0.2, 0.25) is 10.0 Å². The first kappa shape index (κ1) is 31.1. The van der Waals surface area contributed by atoms with E-state index in [-0.39, 0.29) is 24.7 Å². The average molecular weight is 575 g/mol. The van der Waals surface area contributed by atoms with E-state index in [1.165, 1.54) is 11.4 Å². The Labute approximate surface area is 234 Å². The molecule has 2 heterocycles. The normalized spacial score (nSPS) is 15.4. The Kier molecular flexibility index (Phi) is 11.1. The monoisotopic (exact) mass is 574 g/mol. The third-order valence-electron chi connectivity index (χ3n) is 6.94. The standard InChI is InChI=1S/C27H36N4O5S.CH2O2/c1-4-20-18-31-11-13-37(34,35)30(2)24-16-21(15-22(20)26(24)31)27(33)29-23(14-19-8-6-5-7-9-19)25(32)17-28-10-12-36-3;2-1-3/h5-9,15-16,18,23,25,28,32H,4,10-14,17H2,1-3H3,(H,29,33);1H,(H,2,3)/t23-,25+;/m0./s1. The molecule has 0 saturated carbocycles. The fraction of sp³-hybridized carbons (Fsp3) is 0.429. The minimum absolute atomic E-state index is 0.00590. The van der Waals surface area contributed by atoms with Crippen molar-refractivity contribution in [1.82, 2.24) is 15.2 Å². The van der Waals surface area contributed by atoms with Crippen LogP contribution in [-0.4, -0.2) is 87.3 Å². The summed E-state index contributed by atoms with van der Waals surface area (Å²) in [5, 5.41) is 24.9. The molecule has 0 fully saturated rings. The molecular weight excluding hydrogens is 536 g/mol. The Morgan fingerprint density at radius 3 is 2.58 bits per heavy atom. The number of ether oxygens (including phenoxy) is 1. The predicted octanol–water partition coefficient (Wildman–Crippen LogP) is 1.62. The van der Waals surface area contributed by atoms with Gasteiger partial charge in [-0.1, -0.05) is 37.3 Å². The van der Waals surface area contributed by atoms with Crippen LogP contribution in [0.2, 0.25) is 0 Å². The summed E-state index contributed by atoms with van der Waals surface area (Å²) < 4.78 is 34.0. The second kappa shape index (κ2) is 14.3. The van der Waals surface area contributed by atoms with Crippen molar-refractivity contribution in [3.05, 3.63) is 65.4 Å². The van der Waals surface area contributed by atoms with E-state index in [9.17, 15) is 18.3 Å². The number of nitrogens with zero attached hydrogens (tertiary/aromatic N) is 2. The fourth-order valence-corrected chi connectivity index (χ4v) is 5.93. The van der Waals surface area contributed by atoms with Gasteiger partial charge in [-0.3, -0.25) is 13.9 Å². The lowest BCUT2D eigenvalue weighted by atomic mass is 10.00. The van der Waals surface area contributed by atoms with E-state index in [1.807, 2.05) is 54.1 Å². The maximum atomic E-state index is 13.6. The molecule has 1 aliphatic heterocycles. The molecule has 0 saturated heterocycles. The molecule has 2 aromatic carbocycles. The van der Waals surface area contributed by atoms with Crippen molar-refractivity contribution < 1.29 is 33.0 Å². The molecular formula is C28H38N4O7S. The summed E-state index contributed by atoms with van der Waals surface area (Å²) in [4.78, 5) is 21.9. The van der Waals surface area contributed by atoms with Gasteiger partial charge in [-0.25, -0.2) is 8.42 Å². The number of benzene rings is 2. The highest BCUT2D eigenvalue weighted by atomic mass is 32.2. The summed E-state index contributed by atoms with van der Waals surface area (Å²) in [6.07, 6.45) is 2.34. The number of carbonyl (C=O) groups is 2. The van der Waals surface area contributed by atoms with Crippen molar-refractivity contribution in [2.24, 2.45) is 0 Å². The third kappa shape index (κ3) is 7.39. The maximum absolute atomic E-state index is 13.6. The van der Waals surface area contributed by atoms with Crippen LogP contribution in [0.1, 0.15) is 28.4 Å². The van der Waals surface area contributed by atoms with Gasteiger partial charge in [0.15, 0.2) is 0 Å². The topological polar surface area (TPSA) is 150 Å². The number of aliphatic hydroxyl groups is 1. The number of hydrogen-bond acceptors (Lipinski definition) is 7. The van der Waals surface area contributed by atoms with Crippen molar-refractivity contribution in [2.45, 2.75) is 38.5 Å². The highest BCUT2D eigenvalue weighted by Crippen LogP contribution is 2.35.